The van der Waals surface area contributed by atoms with Gasteiger partial charge in [0.05, 0.1) is 12.4 Å². The smallest absolute Gasteiger partial charge is 0.149 e. The number of methoxy groups -OCH3 is 1. The largest absolute Gasteiger partial charge is 0.385 e. The van der Waals surface area contributed by atoms with E-state index in [1.54, 1.807) is 19.5 Å². The fourth-order valence-electron chi connectivity index (χ4n) is 1.44. The van der Waals surface area contributed by atoms with Crippen molar-refractivity contribution in [3.05, 3.63) is 12.4 Å². The van der Waals surface area contributed by atoms with Gasteiger partial charge in [-0.2, -0.15) is 0 Å². The number of hydrogen-bond acceptors (Lipinski definition) is 5. The Labute approximate surface area is 103 Å². The molecule has 0 unspecified atom stereocenters. The third-order valence-corrected chi connectivity index (χ3v) is 2.41. The maximum absolute atomic E-state index is 5.03. The molecule has 0 fully saturated rings. The zero-order valence-corrected chi connectivity index (χ0v) is 10.9. The van der Waals surface area contributed by atoms with E-state index in [0.717, 1.165) is 44.2 Å². The second-order valence-corrected chi connectivity index (χ2v) is 3.96. The lowest BCUT2D eigenvalue weighted by Gasteiger charge is -2.18. The first kappa shape index (κ1) is 13.7. The van der Waals surface area contributed by atoms with Gasteiger partial charge in [0.1, 0.15) is 11.6 Å². The highest BCUT2D eigenvalue weighted by molar-refractivity contribution is 5.43. The Bertz CT molecular complexity index is 319. The van der Waals surface area contributed by atoms with Gasteiger partial charge in [0.15, 0.2) is 0 Å². The van der Waals surface area contributed by atoms with E-state index < -0.39 is 0 Å². The minimum atomic E-state index is 0.769. The molecule has 1 N–H and O–H groups in total. The van der Waals surface area contributed by atoms with Gasteiger partial charge < -0.3 is 15.0 Å². The Morgan fingerprint density at radius 1 is 1.41 bits per heavy atom. The SMILES string of the molecule is CCCNc1cncc(N(C)CCCOC)n1. The van der Waals surface area contributed by atoms with Crippen LogP contribution in [0.2, 0.25) is 0 Å². The van der Waals surface area contributed by atoms with Gasteiger partial charge in [-0.05, 0) is 12.8 Å². The summed E-state index contributed by atoms with van der Waals surface area (Å²) in [6.45, 7) is 4.73. The Morgan fingerprint density at radius 2 is 2.24 bits per heavy atom. The van der Waals surface area contributed by atoms with Crippen molar-refractivity contribution in [2.45, 2.75) is 19.8 Å². The van der Waals surface area contributed by atoms with Crippen LogP contribution in [0.5, 0.6) is 0 Å². The molecule has 0 amide bonds. The average Bonchev–Trinajstić information content (AvgIpc) is 2.37. The average molecular weight is 238 g/mol. The molecule has 0 aliphatic carbocycles. The Morgan fingerprint density at radius 3 is 2.94 bits per heavy atom. The van der Waals surface area contributed by atoms with Gasteiger partial charge in [0, 0.05) is 33.9 Å². The van der Waals surface area contributed by atoms with Crippen molar-refractivity contribution in [3.8, 4) is 0 Å². The number of hydrogen-bond donors (Lipinski definition) is 1. The monoisotopic (exact) mass is 238 g/mol. The molecule has 1 aromatic heterocycles. The molecule has 0 bridgehead atoms. The molecule has 0 atom stereocenters. The first-order valence-corrected chi connectivity index (χ1v) is 6.04. The molecule has 17 heavy (non-hydrogen) atoms. The predicted octanol–water partition coefficient (Wildman–Crippen LogP) is 1.77. The predicted molar refractivity (Wildman–Crippen MR) is 70.6 cm³/mol. The topological polar surface area (TPSA) is 50.3 Å². The fraction of sp³-hybridized carbons (Fsp3) is 0.667. The molecule has 0 radical (unpaired) electrons. The maximum atomic E-state index is 5.03. The third-order valence-electron chi connectivity index (χ3n) is 2.41. The van der Waals surface area contributed by atoms with Gasteiger partial charge in [-0.15, -0.1) is 0 Å². The van der Waals surface area contributed by atoms with Crippen LogP contribution in [0.1, 0.15) is 19.8 Å². The van der Waals surface area contributed by atoms with Crippen molar-refractivity contribution in [1.82, 2.24) is 9.97 Å². The molecule has 0 saturated carbocycles. The van der Waals surface area contributed by atoms with Crippen LogP contribution in [-0.4, -0.2) is 43.8 Å². The van der Waals surface area contributed by atoms with Gasteiger partial charge >= 0.3 is 0 Å². The summed E-state index contributed by atoms with van der Waals surface area (Å²) < 4.78 is 5.03. The summed E-state index contributed by atoms with van der Waals surface area (Å²) in [4.78, 5) is 10.8. The van der Waals surface area contributed by atoms with Crippen LogP contribution < -0.4 is 10.2 Å². The zero-order chi connectivity index (χ0) is 12.5. The van der Waals surface area contributed by atoms with Gasteiger partial charge in [-0.1, -0.05) is 6.92 Å². The standard InChI is InChI=1S/C12H22N4O/c1-4-6-14-11-9-13-10-12(15-11)16(2)7-5-8-17-3/h9-10H,4-8H2,1-3H3,(H,14,15). The first-order valence-electron chi connectivity index (χ1n) is 6.04. The zero-order valence-electron chi connectivity index (χ0n) is 10.9. The summed E-state index contributed by atoms with van der Waals surface area (Å²) in [6, 6.07) is 0. The van der Waals surface area contributed by atoms with Crippen molar-refractivity contribution >= 4 is 11.6 Å². The number of nitrogens with one attached hydrogen (secondary N) is 1. The number of anilines is 2. The van der Waals surface area contributed by atoms with Crippen LogP contribution in [0.3, 0.4) is 0 Å². The molecule has 0 saturated heterocycles. The molecule has 5 nitrogen and oxygen atoms in total. The van der Waals surface area contributed by atoms with Crippen LogP contribution in [0.25, 0.3) is 0 Å². The highest BCUT2D eigenvalue weighted by Gasteiger charge is 2.03. The van der Waals surface area contributed by atoms with Crippen molar-refractivity contribution in [1.29, 1.82) is 0 Å². The minimum Gasteiger partial charge on any atom is -0.385 e. The lowest BCUT2D eigenvalue weighted by molar-refractivity contribution is 0.196. The van der Waals surface area contributed by atoms with Gasteiger partial charge in [0.25, 0.3) is 0 Å². The van der Waals surface area contributed by atoms with Crippen molar-refractivity contribution < 1.29 is 4.74 Å². The number of ether oxygens (including phenoxy) is 1. The quantitative estimate of drug-likeness (QED) is 0.699. The fourth-order valence-corrected chi connectivity index (χ4v) is 1.44. The Hall–Kier alpha value is -1.36. The Balaban J connectivity index is 2.51. The number of rotatable bonds is 8. The highest BCUT2D eigenvalue weighted by Crippen LogP contribution is 2.10. The molecular weight excluding hydrogens is 216 g/mol. The number of aromatic nitrogens is 2. The lowest BCUT2D eigenvalue weighted by atomic mass is 10.4. The van der Waals surface area contributed by atoms with Crippen LogP contribution in [0.15, 0.2) is 12.4 Å². The van der Waals surface area contributed by atoms with E-state index in [0.29, 0.717) is 0 Å². The van der Waals surface area contributed by atoms with Crippen LogP contribution in [0, 0.1) is 0 Å². The van der Waals surface area contributed by atoms with E-state index in [4.69, 9.17) is 4.74 Å². The molecule has 1 heterocycles. The van der Waals surface area contributed by atoms with Gasteiger partial charge in [0.2, 0.25) is 0 Å². The normalized spacial score (nSPS) is 10.3. The summed E-state index contributed by atoms with van der Waals surface area (Å²) >= 11 is 0. The molecule has 1 rings (SSSR count). The third kappa shape index (κ3) is 4.99. The van der Waals surface area contributed by atoms with Gasteiger partial charge in [-0.3, -0.25) is 4.98 Å². The molecule has 5 heteroatoms. The second kappa shape index (κ2) is 7.84. The maximum Gasteiger partial charge on any atom is 0.149 e. The van der Waals surface area contributed by atoms with E-state index in [2.05, 4.69) is 27.1 Å². The van der Waals surface area contributed by atoms with E-state index in [9.17, 15) is 0 Å². The van der Waals surface area contributed by atoms with E-state index in [1.165, 1.54) is 0 Å². The van der Waals surface area contributed by atoms with E-state index >= 15 is 0 Å². The van der Waals surface area contributed by atoms with Crippen molar-refractivity contribution in [2.24, 2.45) is 0 Å². The summed E-state index contributed by atoms with van der Waals surface area (Å²) in [6.07, 6.45) is 5.60. The summed E-state index contributed by atoms with van der Waals surface area (Å²) in [7, 11) is 3.73. The summed E-state index contributed by atoms with van der Waals surface area (Å²) in [5, 5.41) is 3.23. The second-order valence-electron chi connectivity index (χ2n) is 3.96. The lowest BCUT2D eigenvalue weighted by Crippen LogP contribution is -2.21. The first-order chi connectivity index (χ1) is 8.27. The van der Waals surface area contributed by atoms with E-state index in [-0.39, 0.29) is 0 Å². The highest BCUT2D eigenvalue weighted by atomic mass is 16.5. The molecule has 1 aromatic rings. The number of nitrogens with zero attached hydrogens (tertiary/aromatic N) is 3. The molecular formula is C12H22N4O. The molecule has 96 valence electrons. The summed E-state index contributed by atoms with van der Waals surface area (Å²) in [5.41, 5.74) is 0. The molecule has 0 spiro atoms. The van der Waals surface area contributed by atoms with E-state index in [1.807, 2.05) is 7.05 Å². The molecule has 0 aliphatic rings. The van der Waals surface area contributed by atoms with Crippen LogP contribution in [0.4, 0.5) is 11.6 Å². The summed E-state index contributed by atoms with van der Waals surface area (Å²) in [5.74, 6) is 1.73. The molecule has 0 aliphatic heterocycles. The van der Waals surface area contributed by atoms with Crippen LogP contribution in [-0.2, 0) is 4.74 Å². The van der Waals surface area contributed by atoms with Crippen molar-refractivity contribution in [2.75, 3.05) is 44.1 Å². The molecule has 0 aromatic carbocycles. The Kier molecular flexibility index (Phi) is 6.32. The van der Waals surface area contributed by atoms with Crippen LogP contribution >= 0.6 is 0 Å². The van der Waals surface area contributed by atoms with Crippen molar-refractivity contribution in [3.63, 3.8) is 0 Å². The van der Waals surface area contributed by atoms with Gasteiger partial charge in [-0.25, -0.2) is 4.98 Å². The minimum absolute atomic E-state index is 0.769.